The SMILES string of the molecule is CCC(C)C(N)C(=O)NCc1ccc(Oc2ccccc2)nc1.Cl. The highest BCUT2D eigenvalue weighted by Crippen LogP contribution is 2.18. The van der Waals surface area contributed by atoms with Gasteiger partial charge in [0.1, 0.15) is 5.75 Å². The topological polar surface area (TPSA) is 77.2 Å². The Bertz CT molecular complexity index is 620. The summed E-state index contributed by atoms with van der Waals surface area (Å²) in [5.74, 6) is 1.28. The van der Waals surface area contributed by atoms with Crippen molar-refractivity contribution in [3.8, 4) is 11.6 Å². The Hall–Kier alpha value is -2.11. The second-order valence-electron chi connectivity index (χ2n) is 5.55. The van der Waals surface area contributed by atoms with E-state index < -0.39 is 6.04 Å². The van der Waals surface area contributed by atoms with E-state index in [4.69, 9.17) is 10.5 Å². The van der Waals surface area contributed by atoms with Crippen molar-refractivity contribution in [1.29, 1.82) is 0 Å². The van der Waals surface area contributed by atoms with Crippen LogP contribution in [0.4, 0.5) is 0 Å². The van der Waals surface area contributed by atoms with Crippen molar-refractivity contribution in [1.82, 2.24) is 10.3 Å². The lowest BCUT2D eigenvalue weighted by molar-refractivity contribution is -0.123. The van der Waals surface area contributed by atoms with E-state index >= 15 is 0 Å². The molecule has 1 aromatic carbocycles. The average molecular weight is 350 g/mol. The first-order valence-corrected chi connectivity index (χ1v) is 7.81. The largest absolute Gasteiger partial charge is 0.439 e. The van der Waals surface area contributed by atoms with Gasteiger partial charge in [-0.3, -0.25) is 4.79 Å². The van der Waals surface area contributed by atoms with E-state index in [-0.39, 0.29) is 24.2 Å². The molecule has 130 valence electrons. The van der Waals surface area contributed by atoms with E-state index in [9.17, 15) is 4.79 Å². The van der Waals surface area contributed by atoms with Gasteiger partial charge in [0.2, 0.25) is 11.8 Å². The first kappa shape index (κ1) is 19.9. The second-order valence-corrected chi connectivity index (χ2v) is 5.55. The molecule has 2 aromatic rings. The van der Waals surface area contributed by atoms with E-state index in [0.29, 0.717) is 12.4 Å². The molecule has 0 spiro atoms. The number of para-hydroxylation sites is 1. The molecule has 0 bridgehead atoms. The minimum Gasteiger partial charge on any atom is -0.439 e. The molecule has 0 aliphatic carbocycles. The van der Waals surface area contributed by atoms with Gasteiger partial charge in [0.15, 0.2) is 0 Å². The zero-order valence-corrected chi connectivity index (χ0v) is 14.8. The molecular formula is C18H24ClN3O2. The van der Waals surface area contributed by atoms with Crippen LogP contribution in [-0.2, 0) is 11.3 Å². The molecule has 5 nitrogen and oxygen atoms in total. The number of benzene rings is 1. The molecule has 0 aliphatic heterocycles. The van der Waals surface area contributed by atoms with Crippen LogP contribution in [0.2, 0.25) is 0 Å². The van der Waals surface area contributed by atoms with Gasteiger partial charge in [-0.1, -0.05) is 44.5 Å². The van der Waals surface area contributed by atoms with Crippen molar-refractivity contribution < 1.29 is 9.53 Å². The Kier molecular flexibility index (Phi) is 8.22. The fourth-order valence-corrected chi connectivity index (χ4v) is 2.00. The quantitative estimate of drug-likeness (QED) is 0.804. The van der Waals surface area contributed by atoms with Crippen molar-refractivity contribution in [2.75, 3.05) is 0 Å². The van der Waals surface area contributed by atoms with Gasteiger partial charge in [-0.2, -0.15) is 0 Å². The summed E-state index contributed by atoms with van der Waals surface area (Å²) in [6.45, 7) is 4.40. The molecule has 2 rings (SSSR count). The van der Waals surface area contributed by atoms with Gasteiger partial charge in [0, 0.05) is 18.8 Å². The Morgan fingerprint density at radius 3 is 2.54 bits per heavy atom. The molecular weight excluding hydrogens is 326 g/mol. The maximum absolute atomic E-state index is 11.9. The maximum atomic E-state index is 11.9. The highest BCUT2D eigenvalue weighted by Gasteiger charge is 2.18. The average Bonchev–Trinajstić information content (AvgIpc) is 2.60. The summed E-state index contributed by atoms with van der Waals surface area (Å²) >= 11 is 0. The number of carbonyl (C=O) groups is 1. The molecule has 0 saturated heterocycles. The predicted molar refractivity (Wildman–Crippen MR) is 97.3 cm³/mol. The highest BCUT2D eigenvalue weighted by molar-refractivity contribution is 5.85. The van der Waals surface area contributed by atoms with Crippen LogP contribution in [0.1, 0.15) is 25.8 Å². The van der Waals surface area contributed by atoms with Gasteiger partial charge in [-0.05, 0) is 23.6 Å². The van der Waals surface area contributed by atoms with Crippen LogP contribution in [0.5, 0.6) is 11.6 Å². The van der Waals surface area contributed by atoms with Gasteiger partial charge in [-0.15, -0.1) is 12.4 Å². The Balaban J connectivity index is 0.00000288. The van der Waals surface area contributed by atoms with Crippen LogP contribution in [0.25, 0.3) is 0 Å². The third kappa shape index (κ3) is 5.83. The molecule has 0 radical (unpaired) electrons. The van der Waals surface area contributed by atoms with Gasteiger partial charge in [0.05, 0.1) is 6.04 Å². The smallest absolute Gasteiger partial charge is 0.237 e. The fourth-order valence-electron chi connectivity index (χ4n) is 2.00. The number of rotatable bonds is 7. The molecule has 2 atom stereocenters. The highest BCUT2D eigenvalue weighted by atomic mass is 35.5. The molecule has 0 fully saturated rings. The van der Waals surface area contributed by atoms with E-state index in [1.54, 1.807) is 12.3 Å². The summed E-state index contributed by atoms with van der Waals surface area (Å²) in [7, 11) is 0. The van der Waals surface area contributed by atoms with E-state index in [1.807, 2.05) is 50.2 Å². The van der Waals surface area contributed by atoms with Crippen molar-refractivity contribution >= 4 is 18.3 Å². The van der Waals surface area contributed by atoms with Crippen LogP contribution in [0.15, 0.2) is 48.7 Å². The third-order valence-corrected chi connectivity index (χ3v) is 3.79. The minimum atomic E-state index is -0.478. The summed E-state index contributed by atoms with van der Waals surface area (Å²) in [5, 5.41) is 2.84. The van der Waals surface area contributed by atoms with Gasteiger partial charge in [0.25, 0.3) is 0 Å². The summed E-state index contributed by atoms with van der Waals surface area (Å²) in [5.41, 5.74) is 6.80. The summed E-state index contributed by atoms with van der Waals surface area (Å²) in [4.78, 5) is 16.2. The lowest BCUT2D eigenvalue weighted by atomic mass is 9.99. The number of pyridine rings is 1. The number of hydrogen-bond donors (Lipinski definition) is 2. The monoisotopic (exact) mass is 349 g/mol. The maximum Gasteiger partial charge on any atom is 0.237 e. The Morgan fingerprint density at radius 1 is 1.25 bits per heavy atom. The first-order valence-electron chi connectivity index (χ1n) is 7.81. The van der Waals surface area contributed by atoms with Crippen LogP contribution in [0, 0.1) is 5.92 Å². The number of hydrogen-bond acceptors (Lipinski definition) is 4. The number of halogens is 1. The number of amides is 1. The van der Waals surface area contributed by atoms with Gasteiger partial charge >= 0.3 is 0 Å². The molecule has 2 unspecified atom stereocenters. The molecule has 1 heterocycles. The number of ether oxygens (including phenoxy) is 1. The second kappa shape index (κ2) is 9.90. The molecule has 3 N–H and O–H groups in total. The third-order valence-electron chi connectivity index (χ3n) is 3.79. The van der Waals surface area contributed by atoms with E-state index in [1.165, 1.54) is 0 Å². The van der Waals surface area contributed by atoms with E-state index in [2.05, 4.69) is 10.3 Å². The first-order chi connectivity index (χ1) is 11.1. The van der Waals surface area contributed by atoms with Crippen LogP contribution >= 0.6 is 12.4 Å². The normalized spacial score (nSPS) is 12.6. The van der Waals surface area contributed by atoms with E-state index in [0.717, 1.165) is 17.7 Å². The predicted octanol–water partition coefficient (Wildman–Crippen LogP) is 3.29. The fraction of sp³-hybridized carbons (Fsp3) is 0.333. The molecule has 24 heavy (non-hydrogen) atoms. The Morgan fingerprint density at radius 2 is 1.96 bits per heavy atom. The molecule has 1 amide bonds. The summed E-state index contributed by atoms with van der Waals surface area (Å²) in [6.07, 6.45) is 2.56. The summed E-state index contributed by atoms with van der Waals surface area (Å²) in [6, 6.07) is 12.6. The van der Waals surface area contributed by atoms with Crippen molar-refractivity contribution in [3.05, 3.63) is 54.2 Å². The number of nitrogens with zero attached hydrogens (tertiary/aromatic N) is 1. The molecule has 0 aliphatic rings. The van der Waals surface area contributed by atoms with Crippen molar-refractivity contribution in [2.24, 2.45) is 11.7 Å². The number of carbonyl (C=O) groups excluding carboxylic acids is 1. The Labute approximate surface area is 149 Å². The van der Waals surface area contributed by atoms with Crippen LogP contribution in [-0.4, -0.2) is 16.9 Å². The number of nitrogens with one attached hydrogen (secondary N) is 1. The standard InChI is InChI=1S/C18H23N3O2.ClH/c1-3-13(2)17(19)18(22)21-12-14-9-10-16(20-11-14)23-15-7-5-4-6-8-15;/h4-11,13,17H,3,12,19H2,1-2H3,(H,21,22);1H. The lowest BCUT2D eigenvalue weighted by Gasteiger charge is -2.17. The van der Waals surface area contributed by atoms with Crippen LogP contribution < -0.4 is 15.8 Å². The van der Waals surface area contributed by atoms with Crippen molar-refractivity contribution in [2.45, 2.75) is 32.9 Å². The zero-order valence-electron chi connectivity index (χ0n) is 13.9. The number of aromatic nitrogens is 1. The molecule has 6 heteroatoms. The van der Waals surface area contributed by atoms with Gasteiger partial charge in [-0.25, -0.2) is 4.98 Å². The summed E-state index contributed by atoms with van der Waals surface area (Å²) < 4.78 is 5.62. The molecule has 0 saturated carbocycles. The zero-order chi connectivity index (χ0) is 16.7. The van der Waals surface area contributed by atoms with Gasteiger partial charge < -0.3 is 15.8 Å². The lowest BCUT2D eigenvalue weighted by Crippen LogP contribution is -2.44. The van der Waals surface area contributed by atoms with Crippen molar-refractivity contribution in [3.63, 3.8) is 0 Å². The minimum absolute atomic E-state index is 0. The molecule has 1 aromatic heterocycles. The number of nitrogens with two attached hydrogens (primary N) is 1. The van der Waals surface area contributed by atoms with Crippen LogP contribution in [0.3, 0.4) is 0 Å².